The van der Waals surface area contributed by atoms with Crippen LogP contribution < -0.4 is 5.32 Å². The molecule has 2 nitrogen and oxygen atoms in total. The van der Waals surface area contributed by atoms with Crippen LogP contribution in [-0.2, 0) is 4.79 Å². The van der Waals surface area contributed by atoms with Gasteiger partial charge in [0.05, 0.1) is 0 Å². The molecule has 1 N–H and O–H groups in total. The molecule has 0 heterocycles. The van der Waals surface area contributed by atoms with E-state index in [2.05, 4.69) is 5.32 Å². The third-order valence-corrected chi connectivity index (χ3v) is 5.44. The van der Waals surface area contributed by atoms with E-state index >= 15 is 0 Å². The van der Waals surface area contributed by atoms with Crippen LogP contribution in [0.3, 0.4) is 0 Å². The van der Waals surface area contributed by atoms with Crippen LogP contribution in [0.1, 0.15) is 24.8 Å². The van der Waals surface area contributed by atoms with E-state index in [1.165, 1.54) is 19.3 Å². The minimum absolute atomic E-state index is 0.274. The van der Waals surface area contributed by atoms with Crippen molar-refractivity contribution in [2.24, 2.45) is 29.6 Å². The lowest BCUT2D eigenvalue weighted by molar-refractivity contribution is -0.118. The van der Waals surface area contributed by atoms with E-state index < -0.39 is 0 Å². The number of benzene rings is 1. The number of amides is 1. The Morgan fingerprint density at radius 2 is 1.83 bits per heavy atom. The summed E-state index contributed by atoms with van der Waals surface area (Å²) in [5, 5.41) is 3.13. The highest BCUT2D eigenvalue weighted by Gasteiger charge is 2.67. The highest BCUT2D eigenvalue weighted by Crippen LogP contribution is 2.69. The fourth-order valence-corrected chi connectivity index (χ4v) is 4.60. The maximum atomic E-state index is 12.3. The number of rotatable bonds is 2. The molecule has 3 saturated carbocycles. The summed E-state index contributed by atoms with van der Waals surface area (Å²) in [6.45, 7) is 2.05. The maximum absolute atomic E-state index is 12.3. The maximum Gasteiger partial charge on any atom is 0.228 e. The Hall–Kier alpha value is -1.31. The molecule has 0 aromatic heterocycles. The van der Waals surface area contributed by atoms with Gasteiger partial charge in [0.2, 0.25) is 5.91 Å². The topological polar surface area (TPSA) is 29.1 Å². The lowest BCUT2D eigenvalue weighted by atomic mass is 10.0. The normalized spacial score (nSPS) is 39.5. The molecule has 0 spiro atoms. The summed E-state index contributed by atoms with van der Waals surface area (Å²) in [6, 6.07) is 8.05. The molecule has 3 aliphatic carbocycles. The van der Waals surface area contributed by atoms with Gasteiger partial charge in [0.25, 0.3) is 0 Å². The number of para-hydroxylation sites is 1. The van der Waals surface area contributed by atoms with Crippen molar-refractivity contribution in [3.63, 3.8) is 0 Å². The van der Waals surface area contributed by atoms with Crippen LogP contribution in [-0.4, -0.2) is 5.91 Å². The summed E-state index contributed by atoms with van der Waals surface area (Å²) in [6.07, 6.45) is 4.16. The Morgan fingerprint density at radius 3 is 2.50 bits per heavy atom. The van der Waals surface area contributed by atoms with Crippen molar-refractivity contribution in [1.29, 1.82) is 0 Å². The van der Waals surface area contributed by atoms with Crippen LogP contribution in [0.25, 0.3) is 0 Å². The minimum Gasteiger partial charge on any atom is -0.326 e. The first-order valence-electron chi connectivity index (χ1n) is 7.12. The number of aryl methyl sites for hydroxylation is 1. The van der Waals surface area contributed by atoms with E-state index in [-0.39, 0.29) is 5.91 Å². The Morgan fingerprint density at radius 1 is 1.17 bits per heavy atom. The number of hydrogen-bond donors (Lipinski definition) is 1. The molecule has 18 heavy (non-hydrogen) atoms. The molecule has 0 aliphatic heterocycles. The molecule has 2 bridgehead atoms. The number of fused-ring (bicyclic) bond motifs is 5. The van der Waals surface area contributed by atoms with Gasteiger partial charge in [0.15, 0.2) is 0 Å². The summed E-state index contributed by atoms with van der Waals surface area (Å²) in [4.78, 5) is 12.3. The van der Waals surface area contributed by atoms with Crippen LogP contribution in [0, 0.1) is 36.5 Å². The number of carbonyl (C=O) groups excluding carboxylic acids is 1. The van der Waals surface area contributed by atoms with Gasteiger partial charge in [0, 0.05) is 11.6 Å². The summed E-state index contributed by atoms with van der Waals surface area (Å²) in [5.74, 6) is 3.80. The quantitative estimate of drug-likeness (QED) is 0.846. The lowest BCUT2D eigenvalue weighted by Crippen LogP contribution is -2.19. The van der Waals surface area contributed by atoms with Crippen LogP contribution in [0.4, 0.5) is 5.69 Å². The molecule has 1 aromatic rings. The Kier molecular flexibility index (Phi) is 2.12. The third kappa shape index (κ3) is 1.38. The minimum atomic E-state index is 0.274. The largest absolute Gasteiger partial charge is 0.326 e. The Balaban J connectivity index is 1.48. The second kappa shape index (κ2) is 3.59. The van der Waals surface area contributed by atoms with Crippen molar-refractivity contribution < 1.29 is 4.79 Å². The second-order valence-corrected chi connectivity index (χ2v) is 6.32. The average molecular weight is 241 g/mol. The molecule has 4 atom stereocenters. The zero-order valence-corrected chi connectivity index (χ0v) is 10.7. The number of nitrogens with one attached hydrogen (secondary N) is 1. The van der Waals surface area contributed by atoms with E-state index in [0.29, 0.717) is 5.92 Å². The Bertz CT molecular complexity index is 494. The monoisotopic (exact) mass is 241 g/mol. The lowest BCUT2D eigenvalue weighted by Gasteiger charge is -2.11. The van der Waals surface area contributed by atoms with Crippen LogP contribution in [0.5, 0.6) is 0 Å². The van der Waals surface area contributed by atoms with Gasteiger partial charge in [-0.05, 0) is 61.5 Å². The van der Waals surface area contributed by atoms with Crippen molar-refractivity contribution >= 4 is 11.6 Å². The van der Waals surface area contributed by atoms with Gasteiger partial charge in [-0.2, -0.15) is 0 Å². The molecule has 4 rings (SSSR count). The average Bonchev–Trinajstić information content (AvgIpc) is 2.82. The molecule has 1 aromatic carbocycles. The van der Waals surface area contributed by atoms with Crippen LogP contribution >= 0.6 is 0 Å². The third-order valence-electron chi connectivity index (χ3n) is 5.44. The number of hydrogen-bond acceptors (Lipinski definition) is 1. The smallest absolute Gasteiger partial charge is 0.228 e. The first-order chi connectivity index (χ1) is 8.75. The molecule has 94 valence electrons. The van der Waals surface area contributed by atoms with Gasteiger partial charge in [-0.3, -0.25) is 4.79 Å². The van der Waals surface area contributed by atoms with Crippen molar-refractivity contribution in [3.05, 3.63) is 29.8 Å². The molecule has 2 heteroatoms. The van der Waals surface area contributed by atoms with Crippen molar-refractivity contribution in [3.8, 4) is 0 Å². The highest BCUT2D eigenvalue weighted by molar-refractivity contribution is 5.95. The molecule has 1 amide bonds. The molecular formula is C16H19NO. The molecule has 3 fully saturated rings. The molecule has 3 aliphatic rings. The Labute approximate surface area is 108 Å². The van der Waals surface area contributed by atoms with Crippen LogP contribution in [0.2, 0.25) is 0 Å². The van der Waals surface area contributed by atoms with Gasteiger partial charge in [-0.1, -0.05) is 18.2 Å². The fraction of sp³-hybridized carbons (Fsp3) is 0.562. The molecule has 0 radical (unpaired) electrons. The zero-order valence-electron chi connectivity index (χ0n) is 10.7. The van der Waals surface area contributed by atoms with E-state index in [4.69, 9.17) is 0 Å². The number of carbonyl (C=O) groups is 1. The van der Waals surface area contributed by atoms with Gasteiger partial charge in [-0.15, -0.1) is 0 Å². The summed E-state index contributed by atoms with van der Waals surface area (Å²) >= 11 is 0. The van der Waals surface area contributed by atoms with Crippen molar-refractivity contribution in [1.82, 2.24) is 0 Å². The van der Waals surface area contributed by atoms with Gasteiger partial charge in [0.1, 0.15) is 0 Å². The van der Waals surface area contributed by atoms with E-state index in [1.54, 1.807) is 0 Å². The highest BCUT2D eigenvalue weighted by atomic mass is 16.2. The first kappa shape index (κ1) is 10.6. The molecule has 0 saturated heterocycles. The fourth-order valence-electron chi connectivity index (χ4n) is 4.60. The van der Waals surface area contributed by atoms with Gasteiger partial charge in [-0.25, -0.2) is 0 Å². The zero-order chi connectivity index (χ0) is 12.3. The predicted octanol–water partition coefficient (Wildman–Crippen LogP) is 3.23. The summed E-state index contributed by atoms with van der Waals surface area (Å²) < 4.78 is 0. The van der Waals surface area contributed by atoms with Crippen molar-refractivity contribution in [2.75, 3.05) is 5.32 Å². The van der Waals surface area contributed by atoms with Gasteiger partial charge >= 0.3 is 0 Å². The van der Waals surface area contributed by atoms with E-state index in [9.17, 15) is 4.79 Å². The van der Waals surface area contributed by atoms with E-state index in [1.807, 2.05) is 31.2 Å². The molecular weight excluding hydrogens is 222 g/mol. The first-order valence-corrected chi connectivity index (χ1v) is 7.12. The predicted molar refractivity (Wildman–Crippen MR) is 71.1 cm³/mol. The summed E-state index contributed by atoms with van der Waals surface area (Å²) in [5.41, 5.74) is 2.14. The second-order valence-electron chi connectivity index (χ2n) is 6.32. The number of anilines is 1. The van der Waals surface area contributed by atoms with Crippen molar-refractivity contribution in [2.45, 2.75) is 26.2 Å². The standard InChI is InChI=1S/C16H19NO/c1-9-4-2-3-5-12(9)17-16(18)15-13-10-6-7-11(8-10)14(13)15/h2-5,10-11,13-15H,6-8H2,1H3,(H,17,18)/t10-,11-,13+,14+/m0/s1. The van der Waals surface area contributed by atoms with Gasteiger partial charge < -0.3 is 5.32 Å². The van der Waals surface area contributed by atoms with Crippen LogP contribution in [0.15, 0.2) is 24.3 Å². The van der Waals surface area contributed by atoms with E-state index in [0.717, 1.165) is 34.9 Å². The molecule has 0 unspecified atom stereocenters. The SMILES string of the molecule is Cc1ccccc1NC(=O)C1[C@@H]2[C@H]3CC[C@@H](C3)[C@@H]12. The summed E-state index contributed by atoms with van der Waals surface area (Å²) in [7, 11) is 0.